The zero-order chi connectivity index (χ0) is 15.2. The number of ether oxygens (including phenoxy) is 1. The van der Waals surface area contributed by atoms with Crippen LogP contribution >= 0.6 is 11.3 Å². The molecule has 1 unspecified atom stereocenters. The van der Waals surface area contributed by atoms with E-state index < -0.39 is 0 Å². The van der Waals surface area contributed by atoms with Crippen molar-refractivity contribution in [2.45, 2.75) is 13.8 Å². The van der Waals surface area contributed by atoms with Gasteiger partial charge in [0, 0.05) is 23.4 Å². The predicted molar refractivity (Wildman–Crippen MR) is 85.6 cm³/mol. The Hall–Kier alpha value is -1.92. The van der Waals surface area contributed by atoms with Gasteiger partial charge in [-0.25, -0.2) is 4.98 Å². The topological polar surface area (TPSA) is 77.2 Å². The van der Waals surface area contributed by atoms with Gasteiger partial charge in [-0.05, 0) is 31.2 Å². The number of hydrogen-bond acceptors (Lipinski definition) is 5. The molecule has 1 aromatic carbocycles. The zero-order valence-corrected chi connectivity index (χ0v) is 12.9. The van der Waals surface area contributed by atoms with Crippen LogP contribution < -0.4 is 15.8 Å². The lowest BCUT2D eigenvalue weighted by atomic mass is 10.2. The Morgan fingerprint density at radius 3 is 2.76 bits per heavy atom. The molecule has 3 N–H and O–H groups in total. The number of thiazole rings is 1. The monoisotopic (exact) mass is 305 g/mol. The normalized spacial score (nSPS) is 12.0. The van der Waals surface area contributed by atoms with Crippen molar-refractivity contribution >= 4 is 22.4 Å². The average molecular weight is 305 g/mol. The van der Waals surface area contributed by atoms with Crippen LogP contribution in [0.3, 0.4) is 0 Å². The highest BCUT2D eigenvalue weighted by molar-refractivity contribution is 7.14. The predicted octanol–water partition coefficient (Wildman–Crippen LogP) is 2.74. The molecule has 0 radical (unpaired) electrons. The first-order valence-electron chi connectivity index (χ1n) is 6.83. The number of nitrogens with zero attached hydrogens (tertiary/aromatic N) is 1. The van der Waals surface area contributed by atoms with E-state index in [4.69, 9.17) is 10.5 Å². The lowest BCUT2D eigenvalue weighted by Crippen LogP contribution is -2.26. The minimum absolute atomic E-state index is 0.106. The molecule has 1 aromatic heterocycles. The van der Waals surface area contributed by atoms with Gasteiger partial charge >= 0.3 is 0 Å². The van der Waals surface area contributed by atoms with E-state index in [2.05, 4.69) is 10.3 Å². The molecule has 1 atom stereocenters. The van der Waals surface area contributed by atoms with Crippen molar-refractivity contribution in [3.05, 3.63) is 29.6 Å². The van der Waals surface area contributed by atoms with Crippen LogP contribution in [0.2, 0.25) is 0 Å². The van der Waals surface area contributed by atoms with Crippen LogP contribution in [0.4, 0.5) is 5.13 Å². The summed E-state index contributed by atoms with van der Waals surface area (Å²) in [6.45, 7) is 4.70. The van der Waals surface area contributed by atoms with Gasteiger partial charge < -0.3 is 15.8 Å². The third kappa shape index (κ3) is 4.03. The highest BCUT2D eigenvalue weighted by Crippen LogP contribution is 2.26. The van der Waals surface area contributed by atoms with Gasteiger partial charge in [-0.15, -0.1) is 11.3 Å². The molecule has 0 aliphatic carbocycles. The van der Waals surface area contributed by atoms with Crippen LogP contribution in [0, 0.1) is 5.92 Å². The summed E-state index contributed by atoms with van der Waals surface area (Å²) in [6.07, 6.45) is 0. The smallest absolute Gasteiger partial charge is 0.230 e. The minimum Gasteiger partial charge on any atom is -0.494 e. The molecule has 0 bridgehead atoms. The summed E-state index contributed by atoms with van der Waals surface area (Å²) in [5, 5.41) is 5.28. The summed E-state index contributed by atoms with van der Waals surface area (Å²) in [7, 11) is 0. The van der Waals surface area contributed by atoms with Crippen LogP contribution in [0.5, 0.6) is 5.75 Å². The largest absolute Gasteiger partial charge is 0.494 e. The number of rotatable bonds is 6. The standard InChI is InChI=1S/C15H19N3O2S/c1-3-20-12-6-4-11(5-7-12)13-9-21-15(17-13)18-14(19)10(2)8-16/h4-7,9-10H,3,8,16H2,1-2H3,(H,17,18,19). The fraction of sp³-hybridized carbons (Fsp3) is 0.333. The number of aromatic nitrogens is 1. The van der Waals surface area contributed by atoms with Crippen molar-refractivity contribution in [2.75, 3.05) is 18.5 Å². The Bertz CT molecular complexity index is 595. The molecular formula is C15H19N3O2S. The van der Waals surface area contributed by atoms with Crippen molar-refractivity contribution in [1.29, 1.82) is 0 Å². The van der Waals surface area contributed by atoms with E-state index in [9.17, 15) is 4.79 Å². The Morgan fingerprint density at radius 1 is 1.43 bits per heavy atom. The number of nitrogens with two attached hydrogens (primary N) is 1. The fourth-order valence-corrected chi connectivity index (χ4v) is 2.41. The number of benzene rings is 1. The van der Waals surface area contributed by atoms with Gasteiger partial charge in [-0.1, -0.05) is 6.92 Å². The van der Waals surface area contributed by atoms with Crippen LogP contribution in [-0.2, 0) is 4.79 Å². The first-order valence-corrected chi connectivity index (χ1v) is 7.71. The molecule has 0 saturated heterocycles. The maximum absolute atomic E-state index is 11.8. The van der Waals surface area contributed by atoms with Gasteiger partial charge in [0.05, 0.1) is 12.3 Å². The van der Waals surface area contributed by atoms with Gasteiger partial charge in [0.2, 0.25) is 5.91 Å². The molecule has 21 heavy (non-hydrogen) atoms. The van der Waals surface area contributed by atoms with E-state index in [1.807, 2.05) is 36.6 Å². The summed E-state index contributed by atoms with van der Waals surface area (Å²) >= 11 is 1.40. The van der Waals surface area contributed by atoms with E-state index in [1.54, 1.807) is 6.92 Å². The van der Waals surface area contributed by atoms with Crippen molar-refractivity contribution in [3.8, 4) is 17.0 Å². The molecule has 0 saturated carbocycles. The number of amides is 1. The molecule has 2 rings (SSSR count). The quantitative estimate of drug-likeness (QED) is 0.860. The first-order chi connectivity index (χ1) is 10.1. The number of anilines is 1. The zero-order valence-electron chi connectivity index (χ0n) is 12.1. The van der Waals surface area contributed by atoms with E-state index >= 15 is 0 Å². The van der Waals surface area contributed by atoms with Crippen molar-refractivity contribution in [1.82, 2.24) is 4.98 Å². The molecule has 1 heterocycles. The van der Waals surface area contributed by atoms with E-state index in [0.29, 0.717) is 18.3 Å². The van der Waals surface area contributed by atoms with Crippen molar-refractivity contribution in [2.24, 2.45) is 11.7 Å². The minimum atomic E-state index is -0.220. The van der Waals surface area contributed by atoms with Crippen molar-refractivity contribution in [3.63, 3.8) is 0 Å². The van der Waals surface area contributed by atoms with Crippen molar-refractivity contribution < 1.29 is 9.53 Å². The van der Waals surface area contributed by atoms with Gasteiger partial charge in [-0.2, -0.15) is 0 Å². The second-order valence-electron chi connectivity index (χ2n) is 4.62. The molecular weight excluding hydrogens is 286 g/mol. The Morgan fingerprint density at radius 2 is 2.14 bits per heavy atom. The highest BCUT2D eigenvalue weighted by atomic mass is 32.1. The van der Waals surface area contributed by atoms with Gasteiger partial charge in [-0.3, -0.25) is 4.79 Å². The Kier molecular flexibility index (Phi) is 5.30. The summed E-state index contributed by atoms with van der Waals surface area (Å²) in [5.74, 6) is 0.509. The average Bonchev–Trinajstić information content (AvgIpc) is 2.96. The van der Waals surface area contributed by atoms with Gasteiger partial charge in [0.15, 0.2) is 5.13 Å². The molecule has 112 valence electrons. The van der Waals surface area contributed by atoms with Crippen LogP contribution in [0.25, 0.3) is 11.3 Å². The van der Waals surface area contributed by atoms with Crippen LogP contribution in [0.15, 0.2) is 29.6 Å². The van der Waals surface area contributed by atoms with Crippen LogP contribution in [-0.4, -0.2) is 24.0 Å². The number of carbonyl (C=O) groups excluding carboxylic acids is 1. The number of carbonyl (C=O) groups is 1. The first kappa shape index (κ1) is 15.5. The molecule has 1 amide bonds. The summed E-state index contributed by atoms with van der Waals surface area (Å²) in [4.78, 5) is 16.2. The number of nitrogens with one attached hydrogen (secondary N) is 1. The molecule has 0 spiro atoms. The summed E-state index contributed by atoms with van der Waals surface area (Å²) < 4.78 is 5.41. The lowest BCUT2D eigenvalue weighted by Gasteiger charge is -2.06. The summed E-state index contributed by atoms with van der Waals surface area (Å²) in [6, 6.07) is 7.72. The molecule has 0 aliphatic heterocycles. The van der Waals surface area contributed by atoms with Crippen LogP contribution in [0.1, 0.15) is 13.8 Å². The maximum Gasteiger partial charge on any atom is 0.230 e. The number of hydrogen-bond donors (Lipinski definition) is 2. The molecule has 0 fully saturated rings. The Labute approximate surface area is 128 Å². The van der Waals surface area contributed by atoms with E-state index in [-0.39, 0.29) is 11.8 Å². The molecule has 6 heteroatoms. The Balaban J connectivity index is 2.07. The third-order valence-electron chi connectivity index (χ3n) is 3.00. The molecule has 2 aromatic rings. The van der Waals surface area contributed by atoms with E-state index in [0.717, 1.165) is 17.0 Å². The maximum atomic E-state index is 11.8. The fourth-order valence-electron chi connectivity index (χ4n) is 1.69. The van der Waals surface area contributed by atoms with E-state index in [1.165, 1.54) is 11.3 Å². The third-order valence-corrected chi connectivity index (χ3v) is 3.75. The summed E-state index contributed by atoms with van der Waals surface area (Å²) in [5.41, 5.74) is 7.29. The molecule has 0 aliphatic rings. The lowest BCUT2D eigenvalue weighted by molar-refractivity contribution is -0.119. The SMILES string of the molecule is CCOc1ccc(-c2csc(NC(=O)C(C)CN)n2)cc1. The highest BCUT2D eigenvalue weighted by Gasteiger charge is 2.13. The second-order valence-corrected chi connectivity index (χ2v) is 5.48. The van der Waals surface area contributed by atoms with Gasteiger partial charge in [0.1, 0.15) is 5.75 Å². The second kappa shape index (κ2) is 7.19. The molecule has 5 nitrogen and oxygen atoms in total. The van der Waals surface area contributed by atoms with Gasteiger partial charge in [0.25, 0.3) is 0 Å².